The molecule has 0 aromatic carbocycles. The molecule has 0 saturated carbocycles. The highest BCUT2D eigenvalue weighted by Gasteiger charge is 2.39. The Hall–Kier alpha value is -0.260. The van der Waals surface area contributed by atoms with Crippen LogP contribution in [-0.2, 0) is 9.47 Å². The number of hydrogen-bond acceptors (Lipinski definition) is 3. The molecule has 0 aromatic rings. The predicted octanol–water partition coefficient (Wildman–Crippen LogP) is 1.09. The zero-order chi connectivity index (χ0) is 10.0. The summed E-state index contributed by atoms with van der Waals surface area (Å²) in [5.74, 6) is -0.446. The summed E-state index contributed by atoms with van der Waals surface area (Å²) >= 11 is 0. The van der Waals surface area contributed by atoms with E-state index in [1.807, 2.05) is 0 Å². The molecular weight excluding hydrogens is 192 g/mol. The number of ether oxygens (including phenoxy) is 2. The molecule has 0 atom stereocenters. The van der Waals surface area contributed by atoms with Crippen LogP contribution in [0.3, 0.4) is 0 Å². The average Bonchev–Trinajstić information content (AvgIpc) is 2.58. The van der Waals surface area contributed by atoms with Gasteiger partial charge in [-0.3, -0.25) is 4.90 Å². The van der Waals surface area contributed by atoms with E-state index in [4.69, 9.17) is 9.47 Å². The Morgan fingerprint density at radius 2 is 1.71 bits per heavy atom. The number of piperidine rings is 1. The summed E-state index contributed by atoms with van der Waals surface area (Å²) in [6.07, 6.45) is -0.825. The summed E-state index contributed by atoms with van der Waals surface area (Å²) in [4.78, 5) is 1.76. The molecule has 0 radical (unpaired) electrons. The minimum atomic E-state index is -2.24. The maximum absolute atomic E-state index is 12.1. The molecule has 2 aliphatic heterocycles. The van der Waals surface area contributed by atoms with Crippen molar-refractivity contribution < 1.29 is 18.3 Å². The maximum atomic E-state index is 12.1. The third-order valence-corrected chi connectivity index (χ3v) is 2.83. The van der Waals surface area contributed by atoms with Gasteiger partial charge in [0, 0.05) is 25.9 Å². The van der Waals surface area contributed by atoms with Gasteiger partial charge >= 0.3 is 0 Å². The summed E-state index contributed by atoms with van der Waals surface area (Å²) < 4.78 is 35.2. The summed E-state index contributed by atoms with van der Waals surface area (Å²) in [5, 5.41) is 0. The molecule has 0 unspecified atom stereocenters. The molecule has 0 aromatic heterocycles. The van der Waals surface area contributed by atoms with Crippen molar-refractivity contribution in [1.29, 1.82) is 0 Å². The monoisotopic (exact) mass is 207 g/mol. The van der Waals surface area contributed by atoms with Crippen LogP contribution in [0.2, 0.25) is 0 Å². The Morgan fingerprint density at radius 1 is 1.14 bits per heavy atom. The fraction of sp³-hybridized carbons (Fsp3) is 1.00. The lowest BCUT2D eigenvalue weighted by atomic mass is 10.0. The molecule has 0 bridgehead atoms. The second-order valence-electron chi connectivity index (χ2n) is 3.80. The van der Waals surface area contributed by atoms with Crippen molar-refractivity contribution in [3.05, 3.63) is 0 Å². The normalized spacial score (nSPS) is 27.6. The lowest BCUT2D eigenvalue weighted by Gasteiger charge is -2.37. The van der Waals surface area contributed by atoms with E-state index in [1.54, 1.807) is 4.90 Å². The van der Waals surface area contributed by atoms with E-state index in [0.717, 1.165) is 0 Å². The summed E-state index contributed by atoms with van der Waals surface area (Å²) in [5.41, 5.74) is 0. The molecule has 3 nitrogen and oxygen atoms in total. The predicted molar refractivity (Wildman–Crippen MR) is 46.3 cm³/mol. The Kier molecular flexibility index (Phi) is 2.99. The highest BCUT2D eigenvalue weighted by Crippen LogP contribution is 2.31. The third-order valence-electron chi connectivity index (χ3n) is 2.83. The highest BCUT2D eigenvalue weighted by molar-refractivity contribution is 4.82. The van der Waals surface area contributed by atoms with Gasteiger partial charge in [0.05, 0.1) is 19.8 Å². The lowest BCUT2D eigenvalue weighted by molar-refractivity contribution is -0.186. The fourth-order valence-electron chi connectivity index (χ4n) is 2.06. The second kappa shape index (κ2) is 4.08. The third kappa shape index (κ3) is 2.21. The molecule has 5 heteroatoms. The standard InChI is InChI=1S/C9H15F2NO2/c10-8(11)7-12-3-1-9(2-4-12)13-5-6-14-9/h8H,1-7H2. The first-order valence-corrected chi connectivity index (χ1v) is 4.99. The molecule has 14 heavy (non-hydrogen) atoms. The number of alkyl halides is 2. The van der Waals surface area contributed by atoms with Gasteiger partial charge in [-0.25, -0.2) is 8.78 Å². The number of hydrogen-bond donors (Lipinski definition) is 0. The van der Waals surface area contributed by atoms with Crippen LogP contribution in [0.15, 0.2) is 0 Å². The zero-order valence-corrected chi connectivity index (χ0v) is 8.05. The van der Waals surface area contributed by atoms with Gasteiger partial charge in [0.25, 0.3) is 6.43 Å². The van der Waals surface area contributed by atoms with Gasteiger partial charge < -0.3 is 9.47 Å². The number of halogens is 2. The Bertz CT molecular complexity index is 185. The summed E-state index contributed by atoms with van der Waals surface area (Å²) in [6, 6.07) is 0. The van der Waals surface area contributed by atoms with Crippen molar-refractivity contribution in [3.8, 4) is 0 Å². The minimum Gasteiger partial charge on any atom is -0.347 e. The van der Waals surface area contributed by atoms with Gasteiger partial charge in [-0.2, -0.15) is 0 Å². The molecule has 2 aliphatic rings. The largest absolute Gasteiger partial charge is 0.347 e. The molecule has 0 amide bonds. The van der Waals surface area contributed by atoms with Crippen LogP contribution in [-0.4, -0.2) is 50.0 Å². The van der Waals surface area contributed by atoms with Gasteiger partial charge in [-0.1, -0.05) is 0 Å². The van der Waals surface area contributed by atoms with E-state index in [9.17, 15) is 8.78 Å². The number of nitrogens with zero attached hydrogens (tertiary/aromatic N) is 1. The SMILES string of the molecule is FC(F)CN1CCC2(CC1)OCCO2. The van der Waals surface area contributed by atoms with Gasteiger partial charge in [0.1, 0.15) is 0 Å². The maximum Gasteiger partial charge on any atom is 0.251 e. The molecule has 0 N–H and O–H groups in total. The van der Waals surface area contributed by atoms with E-state index in [0.29, 0.717) is 39.1 Å². The quantitative estimate of drug-likeness (QED) is 0.676. The Balaban J connectivity index is 1.79. The number of likely N-dealkylation sites (tertiary alicyclic amines) is 1. The van der Waals surface area contributed by atoms with Crippen LogP contribution in [0.1, 0.15) is 12.8 Å². The first kappa shape index (κ1) is 10.3. The molecule has 2 rings (SSSR count). The fourth-order valence-corrected chi connectivity index (χ4v) is 2.06. The van der Waals surface area contributed by atoms with E-state index in [-0.39, 0.29) is 6.54 Å². The average molecular weight is 207 g/mol. The molecule has 1 spiro atoms. The van der Waals surface area contributed by atoms with Crippen LogP contribution in [0.4, 0.5) is 8.78 Å². The van der Waals surface area contributed by atoms with E-state index in [2.05, 4.69) is 0 Å². The van der Waals surface area contributed by atoms with E-state index in [1.165, 1.54) is 0 Å². The minimum absolute atomic E-state index is 0.129. The van der Waals surface area contributed by atoms with Gasteiger partial charge in [0.2, 0.25) is 0 Å². The molecule has 0 aliphatic carbocycles. The molecule has 2 heterocycles. The smallest absolute Gasteiger partial charge is 0.251 e. The van der Waals surface area contributed by atoms with Crippen LogP contribution in [0.5, 0.6) is 0 Å². The van der Waals surface area contributed by atoms with Crippen LogP contribution in [0.25, 0.3) is 0 Å². The Morgan fingerprint density at radius 3 is 2.21 bits per heavy atom. The molecule has 2 fully saturated rings. The van der Waals surface area contributed by atoms with Crippen molar-refractivity contribution in [1.82, 2.24) is 4.90 Å². The van der Waals surface area contributed by atoms with Crippen LogP contribution >= 0.6 is 0 Å². The van der Waals surface area contributed by atoms with Crippen molar-refractivity contribution in [3.63, 3.8) is 0 Å². The Labute approximate surface area is 82.0 Å². The molecular formula is C9H15F2NO2. The van der Waals surface area contributed by atoms with Crippen molar-refractivity contribution >= 4 is 0 Å². The number of rotatable bonds is 2. The van der Waals surface area contributed by atoms with Crippen LogP contribution < -0.4 is 0 Å². The van der Waals surface area contributed by atoms with Gasteiger partial charge in [-0.05, 0) is 0 Å². The van der Waals surface area contributed by atoms with Gasteiger partial charge in [0.15, 0.2) is 5.79 Å². The van der Waals surface area contributed by atoms with Crippen molar-refractivity contribution in [2.45, 2.75) is 25.1 Å². The van der Waals surface area contributed by atoms with Crippen molar-refractivity contribution in [2.24, 2.45) is 0 Å². The van der Waals surface area contributed by atoms with E-state index < -0.39 is 12.2 Å². The van der Waals surface area contributed by atoms with E-state index >= 15 is 0 Å². The topological polar surface area (TPSA) is 21.7 Å². The highest BCUT2D eigenvalue weighted by atomic mass is 19.3. The molecule has 2 saturated heterocycles. The zero-order valence-electron chi connectivity index (χ0n) is 8.05. The second-order valence-corrected chi connectivity index (χ2v) is 3.80. The first-order chi connectivity index (χ1) is 6.70. The lowest BCUT2D eigenvalue weighted by Crippen LogP contribution is -2.46. The van der Waals surface area contributed by atoms with Gasteiger partial charge in [-0.15, -0.1) is 0 Å². The van der Waals surface area contributed by atoms with Crippen molar-refractivity contribution in [2.75, 3.05) is 32.8 Å². The summed E-state index contributed by atoms with van der Waals surface area (Å²) in [6.45, 7) is 2.43. The first-order valence-electron chi connectivity index (χ1n) is 4.99. The van der Waals surface area contributed by atoms with Crippen LogP contribution in [0, 0.1) is 0 Å². The molecule has 82 valence electrons. The summed E-state index contributed by atoms with van der Waals surface area (Å²) in [7, 11) is 0.